The largest absolute Gasteiger partial charge is 0.309 e. The molecule has 0 fully saturated rings. The second kappa shape index (κ2) is 6.22. The minimum atomic E-state index is 0.211. The number of hydrogen-bond donors (Lipinski definition) is 1. The molecular formula is C14H19NOS. The van der Waals surface area contributed by atoms with Crippen LogP contribution in [0.5, 0.6) is 0 Å². The van der Waals surface area contributed by atoms with Crippen LogP contribution in [0.4, 0.5) is 0 Å². The van der Waals surface area contributed by atoms with Crippen LogP contribution in [-0.2, 0) is 17.6 Å². The summed E-state index contributed by atoms with van der Waals surface area (Å²) in [7, 11) is 0. The van der Waals surface area contributed by atoms with Crippen molar-refractivity contribution in [3.8, 4) is 0 Å². The highest BCUT2D eigenvalue weighted by molar-refractivity contribution is 7.99. The summed E-state index contributed by atoms with van der Waals surface area (Å²) in [6, 6.07) is 8.73. The van der Waals surface area contributed by atoms with Gasteiger partial charge in [0.2, 0.25) is 0 Å². The predicted molar refractivity (Wildman–Crippen MR) is 73.6 cm³/mol. The molecule has 0 aromatic heterocycles. The first kappa shape index (κ1) is 12.7. The number of fused-ring (bicyclic) bond motifs is 1. The van der Waals surface area contributed by atoms with E-state index in [1.54, 1.807) is 6.92 Å². The van der Waals surface area contributed by atoms with Crippen LogP contribution < -0.4 is 5.32 Å². The molecule has 2 nitrogen and oxygen atoms in total. The number of Topliss-reactive ketones (excluding diaryl/α,β-unsaturated/α-hetero) is 1. The molecule has 0 amide bonds. The summed E-state index contributed by atoms with van der Waals surface area (Å²) in [4.78, 5) is 10.7. The van der Waals surface area contributed by atoms with Gasteiger partial charge in [0.1, 0.15) is 5.78 Å². The van der Waals surface area contributed by atoms with Gasteiger partial charge in [0.15, 0.2) is 0 Å². The first-order chi connectivity index (χ1) is 8.25. The molecule has 1 aliphatic carbocycles. The number of benzene rings is 1. The van der Waals surface area contributed by atoms with Crippen LogP contribution in [0.3, 0.4) is 0 Å². The molecule has 0 saturated heterocycles. The number of rotatable bonds is 6. The van der Waals surface area contributed by atoms with E-state index in [2.05, 4.69) is 29.6 Å². The standard InChI is InChI=1S/C14H19NOS/c1-11(16)10-15-6-7-17-14-8-12-4-2-3-5-13(12)9-14/h2-5,14-15H,6-10H2,1H3. The summed E-state index contributed by atoms with van der Waals surface area (Å²) in [5.41, 5.74) is 3.03. The first-order valence-electron chi connectivity index (χ1n) is 6.14. The zero-order valence-electron chi connectivity index (χ0n) is 10.2. The highest BCUT2D eigenvalue weighted by Gasteiger charge is 2.20. The Bertz CT molecular complexity index is 367. The van der Waals surface area contributed by atoms with Crippen molar-refractivity contribution < 1.29 is 4.79 Å². The van der Waals surface area contributed by atoms with Crippen molar-refractivity contribution in [2.45, 2.75) is 25.0 Å². The summed E-state index contributed by atoms with van der Waals surface area (Å²) < 4.78 is 0. The Morgan fingerprint density at radius 2 is 2.00 bits per heavy atom. The normalized spacial score (nSPS) is 14.9. The van der Waals surface area contributed by atoms with Crippen LogP contribution in [0.25, 0.3) is 0 Å². The molecule has 0 spiro atoms. The van der Waals surface area contributed by atoms with Crippen molar-refractivity contribution in [1.29, 1.82) is 0 Å². The topological polar surface area (TPSA) is 29.1 Å². The van der Waals surface area contributed by atoms with Gasteiger partial charge >= 0.3 is 0 Å². The molecule has 92 valence electrons. The van der Waals surface area contributed by atoms with Crippen LogP contribution in [0, 0.1) is 0 Å². The van der Waals surface area contributed by atoms with E-state index in [1.807, 2.05) is 11.8 Å². The van der Waals surface area contributed by atoms with Crippen molar-refractivity contribution in [1.82, 2.24) is 5.32 Å². The Morgan fingerprint density at radius 3 is 2.59 bits per heavy atom. The van der Waals surface area contributed by atoms with E-state index in [0.29, 0.717) is 6.54 Å². The van der Waals surface area contributed by atoms with E-state index < -0.39 is 0 Å². The third-order valence-electron chi connectivity index (χ3n) is 3.02. The second-order valence-corrected chi connectivity index (χ2v) is 5.96. The molecule has 1 N–H and O–H groups in total. The lowest BCUT2D eigenvalue weighted by molar-refractivity contribution is -0.116. The highest BCUT2D eigenvalue weighted by atomic mass is 32.2. The van der Waals surface area contributed by atoms with Gasteiger partial charge in [-0.2, -0.15) is 11.8 Å². The summed E-state index contributed by atoms with van der Waals surface area (Å²) in [6.45, 7) is 3.05. The molecule has 17 heavy (non-hydrogen) atoms. The van der Waals surface area contributed by atoms with Gasteiger partial charge in [0.05, 0.1) is 6.54 Å². The summed E-state index contributed by atoms with van der Waals surface area (Å²) in [5.74, 6) is 1.30. The summed E-state index contributed by atoms with van der Waals surface area (Å²) >= 11 is 2.02. The number of nitrogens with one attached hydrogen (secondary N) is 1. The molecule has 1 aromatic rings. The van der Waals surface area contributed by atoms with E-state index in [9.17, 15) is 4.79 Å². The Hall–Kier alpha value is -0.800. The monoisotopic (exact) mass is 249 g/mol. The maximum Gasteiger partial charge on any atom is 0.143 e. The molecule has 0 atom stereocenters. The third kappa shape index (κ3) is 3.86. The SMILES string of the molecule is CC(=O)CNCCSC1Cc2ccccc2C1. The minimum Gasteiger partial charge on any atom is -0.309 e. The van der Waals surface area contributed by atoms with Crippen LogP contribution in [0.1, 0.15) is 18.1 Å². The fraction of sp³-hybridized carbons (Fsp3) is 0.500. The molecule has 0 heterocycles. The van der Waals surface area contributed by atoms with Gasteiger partial charge in [-0.1, -0.05) is 24.3 Å². The zero-order valence-corrected chi connectivity index (χ0v) is 11.1. The lowest BCUT2D eigenvalue weighted by atomic mass is 10.1. The average Bonchev–Trinajstić information content (AvgIpc) is 2.70. The number of carbonyl (C=O) groups excluding carboxylic acids is 1. The number of ketones is 1. The van der Waals surface area contributed by atoms with Crippen molar-refractivity contribution in [3.63, 3.8) is 0 Å². The molecule has 0 unspecified atom stereocenters. The van der Waals surface area contributed by atoms with E-state index in [4.69, 9.17) is 0 Å². The number of thioether (sulfide) groups is 1. The fourth-order valence-electron chi connectivity index (χ4n) is 2.20. The first-order valence-corrected chi connectivity index (χ1v) is 7.19. The maximum absolute atomic E-state index is 10.7. The van der Waals surface area contributed by atoms with Gasteiger partial charge in [-0.3, -0.25) is 4.79 Å². The van der Waals surface area contributed by atoms with E-state index in [0.717, 1.165) is 17.5 Å². The molecule has 1 aliphatic rings. The second-order valence-electron chi connectivity index (χ2n) is 4.55. The highest BCUT2D eigenvalue weighted by Crippen LogP contribution is 2.29. The van der Waals surface area contributed by atoms with Crippen molar-refractivity contribution >= 4 is 17.5 Å². The zero-order chi connectivity index (χ0) is 12.1. The smallest absolute Gasteiger partial charge is 0.143 e. The van der Waals surface area contributed by atoms with Gasteiger partial charge in [-0.15, -0.1) is 0 Å². The quantitative estimate of drug-likeness (QED) is 0.783. The Kier molecular flexibility index (Phi) is 4.63. The van der Waals surface area contributed by atoms with E-state index in [-0.39, 0.29) is 5.78 Å². The Labute approximate surface area is 107 Å². The number of hydrogen-bond acceptors (Lipinski definition) is 3. The third-order valence-corrected chi connectivity index (χ3v) is 4.26. The summed E-state index contributed by atoms with van der Waals surface area (Å²) in [6.07, 6.45) is 2.40. The summed E-state index contributed by atoms with van der Waals surface area (Å²) in [5, 5.41) is 3.89. The molecule has 1 aromatic carbocycles. The van der Waals surface area contributed by atoms with Crippen molar-refractivity contribution in [2.24, 2.45) is 0 Å². The number of carbonyl (C=O) groups is 1. The van der Waals surface area contributed by atoms with Gasteiger partial charge in [0, 0.05) is 17.5 Å². The molecule has 0 saturated carbocycles. The lowest BCUT2D eigenvalue weighted by Gasteiger charge is -2.08. The van der Waals surface area contributed by atoms with Gasteiger partial charge < -0.3 is 5.32 Å². The minimum absolute atomic E-state index is 0.211. The Balaban J connectivity index is 1.65. The van der Waals surface area contributed by atoms with E-state index >= 15 is 0 Å². The van der Waals surface area contributed by atoms with Gasteiger partial charge in [-0.25, -0.2) is 0 Å². The van der Waals surface area contributed by atoms with Crippen LogP contribution in [-0.4, -0.2) is 29.9 Å². The van der Waals surface area contributed by atoms with Crippen LogP contribution in [0.15, 0.2) is 24.3 Å². The molecule has 2 rings (SSSR count). The average molecular weight is 249 g/mol. The van der Waals surface area contributed by atoms with Gasteiger partial charge in [0.25, 0.3) is 0 Å². The molecule has 0 aliphatic heterocycles. The van der Waals surface area contributed by atoms with Crippen molar-refractivity contribution in [2.75, 3.05) is 18.8 Å². The van der Waals surface area contributed by atoms with Crippen LogP contribution >= 0.6 is 11.8 Å². The molecule has 3 heteroatoms. The Morgan fingerprint density at radius 1 is 1.35 bits per heavy atom. The van der Waals surface area contributed by atoms with Gasteiger partial charge in [-0.05, 0) is 30.9 Å². The lowest BCUT2D eigenvalue weighted by Crippen LogP contribution is -2.24. The molecule has 0 bridgehead atoms. The maximum atomic E-state index is 10.7. The van der Waals surface area contributed by atoms with E-state index in [1.165, 1.54) is 24.0 Å². The molecular weight excluding hydrogens is 230 g/mol. The fourth-order valence-corrected chi connectivity index (χ4v) is 3.39. The molecule has 0 radical (unpaired) electrons. The predicted octanol–water partition coefficient (Wildman–Crippen LogP) is 2.07. The van der Waals surface area contributed by atoms with Crippen LogP contribution in [0.2, 0.25) is 0 Å². The van der Waals surface area contributed by atoms with Crippen molar-refractivity contribution in [3.05, 3.63) is 35.4 Å².